The number of hydrogen-bond acceptors (Lipinski definition) is 2. The summed E-state index contributed by atoms with van der Waals surface area (Å²) in [5, 5.41) is 3.06. The first kappa shape index (κ1) is 12.0. The lowest BCUT2D eigenvalue weighted by Gasteiger charge is -2.31. The van der Waals surface area contributed by atoms with Crippen LogP contribution >= 0.6 is 0 Å². The molecule has 1 aromatic carbocycles. The molecule has 17 heavy (non-hydrogen) atoms. The van der Waals surface area contributed by atoms with Gasteiger partial charge in [-0.1, -0.05) is 6.42 Å². The minimum absolute atomic E-state index is 0.0141. The summed E-state index contributed by atoms with van der Waals surface area (Å²) < 4.78 is 0. The average Bonchev–Trinajstić information content (AvgIpc) is 2.12. The zero-order chi connectivity index (χ0) is 12.4. The Hall–Kier alpha value is -1.51. The lowest BCUT2D eigenvalue weighted by molar-refractivity contribution is 0.0909. The number of rotatable bonds is 3. The number of carbonyl (C=O) groups excluding carboxylic acids is 1. The van der Waals surface area contributed by atoms with Gasteiger partial charge in [0, 0.05) is 17.3 Å². The van der Waals surface area contributed by atoms with Crippen LogP contribution in [0.25, 0.3) is 0 Å². The van der Waals surface area contributed by atoms with Crippen molar-refractivity contribution in [1.82, 2.24) is 5.32 Å². The lowest BCUT2D eigenvalue weighted by Crippen LogP contribution is -2.40. The molecular weight excluding hydrogens is 212 g/mol. The van der Waals surface area contributed by atoms with Gasteiger partial charge in [0.15, 0.2) is 0 Å². The predicted octanol–water partition coefficient (Wildman–Crippen LogP) is 2.50. The predicted molar refractivity (Wildman–Crippen MR) is 69.9 cm³/mol. The van der Waals surface area contributed by atoms with E-state index in [-0.39, 0.29) is 11.9 Å². The Labute approximate surface area is 102 Å². The first-order valence-corrected chi connectivity index (χ1v) is 6.24. The molecular formula is C14H20N2O. The highest BCUT2D eigenvalue weighted by Crippen LogP contribution is 2.29. The van der Waals surface area contributed by atoms with Gasteiger partial charge in [0.1, 0.15) is 0 Å². The number of nitrogens with two attached hydrogens (primary N) is 1. The van der Waals surface area contributed by atoms with Crippen LogP contribution in [0.5, 0.6) is 0 Å². The smallest absolute Gasteiger partial charge is 0.251 e. The highest BCUT2D eigenvalue weighted by molar-refractivity contribution is 5.95. The van der Waals surface area contributed by atoms with Crippen LogP contribution in [-0.2, 0) is 0 Å². The van der Waals surface area contributed by atoms with Crippen LogP contribution in [0.1, 0.15) is 42.1 Å². The van der Waals surface area contributed by atoms with Crippen LogP contribution in [0, 0.1) is 12.8 Å². The fraction of sp³-hybridized carbons (Fsp3) is 0.500. The molecule has 1 aliphatic carbocycles. The van der Waals surface area contributed by atoms with Crippen LogP contribution in [0.2, 0.25) is 0 Å². The number of anilines is 1. The Morgan fingerprint density at radius 2 is 2.12 bits per heavy atom. The van der Waals surface area contributed by atoms with Gasteiger partial charge in [-0.05, 0) is 56.4 Å². The summed E-state index contributed by atoms with van der Waals surface area (Å²) >= 11 is 0. The molecule has 0 aliphatic heterocycles. The van der Waals surface area contributed by atoms with Crippen LogP contribution in [-0.4, -0.2) is 11.9 Å². The SMILES string of the molecule is Cc1cc(N)cc(C(=O)NC(C)C2CCC2)c1. The van der Waals surface area contributed by atoms with Crippen molar-refractivity contribution in [3.05, 3.63) is 29.3 Å². The first-order chi connectivity index (χ1) is 8.06. The van der Waals surface area contributed by atoms with E-state index in [1.807, 2.05) is 19.1 Å². The molecule has 92 valence electrons. The second-order valence-electron chi connectivity index (χ2n) is 5.09. The molecule has 0 radical (unpaired) electrons. The summed E-state index contributed by atoms with van der Waals surface area (Å²) in [5.74, 6) is 0.640. The van der Waals surface area contributed by atoms with E-state index in [1.54, 1.807) is 6.07 Å². The molecule has 0 heterocycles. The van der Waals surface area contributed by atoms with E-state index in [0.29, 0.717) is 17.2 Å². The lowest BCUT2D eigenvalue weighted by atomic mass is 9.80. The number of hydrogen-bond donors (Lipinski definition) is 2. The van der Waals surface area contributed by atoms with Crippen molar-refractivity contribution in [1.29, 1.82) is 0 Å². The number of nitrogens with one attached hydrogen (secondary N) is 1. The Morgan fingerprint density at radius 3 is 2.65 bits per heavy atom. The van der Waals surface area contributed by atoms with Gasteiger partial charge < -0.3 is 11.1 Å². The molecule has 1 amide bonds. The zero-order valence-electron chi connectivity index (χ0n) is 10.5. The first-order valence-electron chi connectivity index (χ1n) is 6.24. The summed E-state index contributed by atoms with van der Waals surface area (Å²) in [4.78, 5) is 12.0. The van der Waals surface area contributed by atoms with Crippen LogP contribution < -0.4 is 11.1 Å². The monoisotopic (exact) mass is 232 g/mol. The number of amides is 1. The zero-order valence-corrected chi connectivity index (χ0v) is 10.5. The molecule has 1 fully saturated rings. The Bertz CT molecular complexity index is 404. The molecule has 1 aromatic rings. The second kappa shape index (κ2) is 4.78. The number of carbonyl (C=O) groups is 1. The summed E-state index contributed by atoms with van der Waals surface area (Å²) in [6.45, 7) is 4.03. The standard InChI is InChI=1S/C14H20N2O/c1-9-6-12(8-13(15)7-9)14(17)16-10(2)11-4-3-5-11/h6-8,10-11H,3-5,15H2,1-2H3,(H,16,17). The van der Waals surface area contributed by atoms with Crippen molar-refractivity contribution in [3.8, 4) is 0 Å². The second-order valence-corrected chi connectivity index (χ2v) is 5.09. The average molecular weight is 232 g/mol. The minimum atomic E-state index is -0.0141. The molecule has 3 nitrogen and oxygen atoms in total. The Kier molecular flexibility index (Phi) is 3.36. The minimum Gasteiger partial charge on any atom is -0.399 e. The van der Waals surface area contributed by atoms with E-state index in [1.165, 1.54) is 19.3 Å². The molecule has 1 saturated carbocycles. The van der Waals surface area contributed by atoms with E-state index in [9.17, 15) is 4.79 Å². The Morgan fingerprint density at radius 1 is 1.41 bits per heavy atom. The van der Waals surface area contributed by atoms with Crippen molar-refractivity contribution in [2.75, 3.05) is 5.73 Å². The van der Waals surface area contributed by atoms with Gasteiger partial charge in [-0.3, -0.25) is 4.79 Å². The molecule has 3 heteroatoms. The molecule has 0 bridgehead atoms. The van der Waals surface area contributed by atoms with E-state index >= 15 is 0 Å². The van der Waals surface area contributed by atoms with Gasteiger partial charge in [-0.2, -0.15) is 0 Å². The maximum Gasteiger partial charge on any atom is 0.251 e. The van der Waals surface area contributed by atoms with Crippen molar-refractivity contribution in [2.24, 2.45) is 5.92 Å². The van der Waals surface area contributed by atoms with Gasteiger partial charge >= 0.3 is 0 Å². The van der Waals surface area contributed by atoms with Gasteiger partial charge in [0.25, 0.3) is 5.91 Å². The van der Waals surface area contributed by atoms with Crippen LogP contribution in [0.3, 0.4) is 0 Å². The van der Waals surface area contributed by atoms with Gasteiger partial charge in [0.2, 0.25) is 0 Å². The maximum absolute atomic E-state index is 12.0. The molecule has 0 saturated heterocycles. The largest absolute Gasteiger partial charge is 0.399 e. The molecule has 2 rings (SSSR count). The van der Waals surface area contributed by atoms with Crippen LogP contribution in [0.15, 0.2) is 18.2 Å². The third-order valence-corrected chi connectivity index (χ3v) is 3.58. The molecule has 0 aromatic heterocycles. The van der Waals surface area contributed by atoms with Crippen molar-refractivity contribution in [3.63, 3.8) is 0 Å². The highest BCUT2D eigenvalue weighted by atomic mass is 16.1. The third kappa shape index (κ3) is 2.78. The van der Waals surface area contributed by atoms with Crippen molar-refractivity contribution in [2.45, 2.75) is 39.2 Å². The fourth-order valence-corrected chi connectivity index (χ4v) is 2.29. The molecule has 1 unspecified atom stereocenters. The fourth-order valence-electron chi connectivity index (χ4n) is 2.29. The van der Waals surface area contributed by atoms with Gasteiger partial charge in [-0.15, -0.1) is 0 Å². The molecule has 0 spiro atoms. The van der Waals surface area contributed by atoms with E-state index in [0.717, 1.165) is 5.56 Å². The van der Waals surface area contributed by atoms with Crippen molar-refractivity contribution < 1.29 is 4.79 Å². The third-order valence-electron chi connectivity index (χ3n) is 3.58. The van der Waals surface area contributed by atoms with Gasteiger partial charge in [0.05, 0.1) is 0 Å². The van der Waals surface area contributed by atoms with E-state index in [4.69, 9.17) is 5.73 Å². The van der Waals surface area contributed by atoms with Crippen LogP contribution in [0.4, 0.5) is 5.69 Å². The quantitative estimate of drug-likeness (QED) is 0.787. The number of nitrogen functional groups attached to an aromatic ring is 1. The summed E-state index contributed by atoms with van der Waals surface area (Å²) in [7, 11) is 0. The molecule has 1 aliphatic rings. The normalized spacial score (nSPS) is 17.3. The summed E-state index contributed by atoms with van der Waals surface area (Å²) in [6.07, 6.45) is 3.76. The van der Waals surface area contributed by atoms with Crippen molar-refractivity contribution >= 4 is 11.6 Å². The highest BCUT2D eigenvalue weighted by Gasteiger charge is 2.25. The maximum atomic E-state index is 12.0. The number of aryl methyl sites for hydroxylation is 1. The van der Waals surface area contributed by atoms with E-state index in [2.05, 4.69) is 12.2 Å². The summed E-state index contributed by atoms with van der Waals surface area (Å²) in [5.41, 5.74) is 8.07. The molecule has 1 atom stereocenters. The number of benzene rings is 1. The summed E-state index contributed by atoms with van der Waals surface area (Å²) in [6, 6.07) is 5.74. The van der Waals surface area contributed by atoms with E-state index < -0.39 is 0 Å². The van der Waals surface area contributed by atoms with Gasteiger partial charge in [-0.25, -0.2) is 0 Å². The Balaban J connectivity index is 2.03. The molecule has 3 N–H and O–H groups in total. The topological polar surface area (TPSA) is 55.1 Å².